The topological polar surface area (TPSA) is 96.3 Å². The van der Waals surface area contributed by atoms with Crippen LogP contribution in [0.25, 0.3) is 0 Å². The number of carbonyl (C=O) groups is 2. The number of rotatable bonds is 0. The third-order valence-electron chi connectivity index (χ3n) is 6.03. The molecule has 0 aromatic rings. The zero-order valence-corrected chi connectivity index (χ0v) is 15.0. The molecule has 3 fully saturated rings. The number of aliphatic hydroxyl groups is 2. The van der Waals surface area contributed by atoms with E-state index >= 15 is 0 Å². The van der Waals surface area contributed by atoms with Gasteiger partial charge in [0.05, 0.1) is 18.8 Å². The highest BCUT2D eigenvalue weighted by Gasteiger charge is 2.51. The van der Waals surface area contributed by atoms with Gasteiger partial charge in [-0.15, -0.1) is 0 Å². The lowest BCUT2D eigenvalue weighted by Gasteiger charge is -2.32. The Morgan fingerprint density at radius 3 is 2.76 bits per heavy atom. The maximum atomic E-state index is 12.6. The van der Waals surface area contributed by atoms with Gasteiger partial charge in [0.25, 0.3) is 0 Å². The van der Waals surface area contributed by atoms with Gasteiger partial charge in [-0.25, -0.2) is 9.59 Å². The largest absolute Gasteiger partial charge is 0.463 e. The fourth-order valence-corrected chi connectivity index (χ4v) is 4.13. The molecule has 0 saturated carbocycles. The molecule has 3 saturated heterocycles. The summed E-state index contributed by atoms with van der Waals surface area (Å²) >= 11 is 0. The third kappa shape index (κ3) is 3.20. The molecule has 3 rings (SSSR count). The molecule has 0 unspecified atom stereocenters. The van der Waals surface area contributed by atoms with Crippen molar-refractivity contribution in [2.45, 2.75) is 57.5 Å². The molecule has 0 aromatic carbocycles. The molecule has 6 atom stereocenters. The second-order valence-corrected chi connectivity index (χ2v) is 7.61. The van der Waals surface area contributed by atoms with Gasteiger partial charge in [0.15, 0.2) is 5.60 Å². The zero-order chi connectivity index (χ0) is 18.4. The molecule has 3 aliphatic rings. The standard InChI is InChI=1S/C18H27NO6/c1-4-11-7-10(2)18(3,23)17(22)24-9-12-13(20)8-19-6-5-14(15(12)19)25-16(11)21/h4,10,12-15,20,23H,5-9H2,1-3H3/b11-4-/t10-,12+,13-,14-,15+,18-/m1/s1. The highest BCUT2D eigenvalue weighted by atomic mass is 16.6. The predicted molar refractivity (Wildman–Crippen MR) is 88.5 cm³/mol. The summed E-state index contributed by atoms with van der Waals surface area (Å²) in [6, 6.07) is -0.161. The number of cyclic esters (lactones) is 1. The van der Waals surface area contributed by atoms with Crippen molar-refractivity contribution < 1.29 is 29.3 Å². The number of aliphatic hydroxyl groups excluding tert-OH is 1. The van der Waals surface area contributed by atoms with Crippen LogP contribution in [0.15, 0.2) is 11.6 Å². The molecule has 0 aromatic heterocycles. The third-order valence-corrected chi connectivity index (χ3v) is 6.03. The summed E-state index contributed by atoms with van der Waals surface area (Å²) in [4.78, 5) is 27.1. The first-order chi connectivity index (χ1) is 11.8. The van der Waals surface area contributed by atoms with Crippen LogP contribution >= 0.6 is 0 Å². The smallest absolute Gasteiger partial charge is 0.338 e. The van der Waals surface area contributed by atoms with E-state index in [9.17, 15) is 19.8 Å². The highest BCUT2D eigenvalue weighted by molar-refractivity contribution is 5.89. The number of hydrogen-bond donors (Lipinski definition) is 2. The van der Waals surface area contributed by atoms with Crippen molar-refractivity contribution >= 4 is 11.9 Å². The van der Waals surface area contributed by atoms with E-state index in [-0.39, 0.29) is 31.1 Å². The Kier molecular flexibility index (Phi) is 4.92. The second kappa shape index (κ2) is 6.70. The first kappa shape index (κ1) is 18.4. The summed E-state index contributed by atoms with van der Waals surface area (Å²) in [5, 5.41) is 20.9. The minimum absolute atomic E-state index is 0.00849. The van der Waals surface area contributed by atoms with Gasteiger partial charge >= 0.3 is 11.9 Å². The highest BCUT2D eigenvalue weighted by Crippen LogP contribution is 2.37. The van der Waals surface area contributed by atoms with Crippen LogP contribution in [0, 0.1) is 11.8 Å². The Balaban J connectivity index is 1.91. The molecule has 2 N–H and O–H groups in total. The molecular formula is C18H27NO6. The Morgan fingerprint density at radius 2 is 2.08 bits per heavy atom. The SMILES string of the molecule is C/C=C1/C[C@@H](C)[C@@](C)(O)C(=O)OC[C@@H]2[C@H]3[C@@H](CCN3C[C@H]2O)OC1=O. The molecule has 7 heteroatoms. The fraction of sp³-hybridized carbons (Fsp3) is 0.778. The van der Waals surface area contributed by atoms with Crippen molar-refractivity contribution in [2.75, 3.05) is 19.7 Å². The second-order valence-electron chi connectivity index (χ2n) is 7.61. The minimum Gasteiger partial charge on any atom is -0.463 e. The summed E-state index contributed by atoms with van der Waals surface area (Å²) in [6.07, 6.45) is 1.63. The van der Waals surface area contributed by atoms with E-state index in [0.717, 1.165) is 6.54 Å². The lowest BCUT2D eigenvalue weighted by molar-refractivity contribution is -0.173. The van der Waals surface area contributed by atoms with Gasteiger partial charge < -0.3 is 19.7 Å². The quantitative estimate of drug-likeness (QED) is 0.476. The predicted octanol–water partition coefficient (Wildman–Crippen LogP) is 0.243. The van der Waals surface area contributed by atoms with Crippen LogP contribution in [0.1, 0.15) is 33.6 Å². The fourth-order valence-electron chi connectivity index (χ4n) is 4.13. The summed E-state index contributed by atoms with van der Waals surface area (Å²) in [5.41, 5.74) is -1.28. The van der Waals surface area contributed by atoms with Crippen LogP contribution < -0.4 is 0 Å². The van der Waals surface area contributed by atoms with Gasteiger partial charge in [-0.3, -0.25) is 4.90 Å². The van der Waals surface area contributed by atoms with Crippen molar-refractivity contribution in [2.24, 2.45) is 11.8 Å². The van der Waals surface area contributed by atoms with E-state index in [4.69, 9.17) is 9.47 Å². The van der Waals surface area contributed by atoms with Crippen LogP contribution in [0.3, 0.4) is 0 Å². The number of ether oxygens (including phenoxy) is 2. The monoisotopic (exact) mass is 353 g/mol. The average Bonchev–Trinajstić information content (AvgIpc) is 3.08. The molecule has 0 aliphatic carbocycles. The van der Waals surface area contributed by atoms with E-state index < -0.39 is 29.6 Å². The number of hydrogen-bond acceptors (Lipinski definition) is 7. The Hall–Kier alpha value is -1.44. The van der Waals surface area contributed by atoms with Crippen molar-refractivity contribution in [3.8, 4) is 0 Å². The van der Waals surface area contributed by atoms with Crippen molar-refractivity contribution in [1.82, 2.24) is 4.90 Å². The maximum absolute atomic E-state index is 12.6. The number of esters is 2. The summed E-state index contributed by atoms with van der Waals surface area (Å²) in [5.74, 6) is -1.97. The van der Waals surface area contributed by atoms with Crippen LogP contribution in [0.4, 0.5) is 0 Å². The number of nitrogens with zero attached hydrogens (tertiary/aromatic N) is 1. The summed E-state index contributed by atoms with van der Waals surface area (Å²) in [6.45, 7) is 6.07. The van der Waals surface area contributed by atoms with Gasteiger partial charge in [0, 0.05) is 24.6 Å². The Bertz CT molecular complexity index is 586. The molecular weight excluding hydrogens is 326 g/mol. The van der Waals surface area contributed by atoms with Crippen LogP contribution in [0.5, 0.6) is 0 Å². The van der Waals surface area contributed by atoms with Crippen molar-refractivity contribution in [3.63, 3.8) is 0 Å². The normalized spacial score (nSPS) is 44.7. The Morgan fingerprint density at radius 1 is 1.36 bits per heavy atom. The van der Waals surface area contributed by atoms with Gasteiger partial charge in [0.2, 0.25) is 0 Å². The van der Waals surface area contributed by atoms with Crippen molar-refractivity contribution in [3.05, 3.63) is 11.6 Å². The Labute approximate surface area is 147 Å². The molecule has 3 aliphatic heterocycles. The summed E-state index contributed by atoms with van der Waals surface area (Å²) < 4.78 is 11.1. The van der Waals surface area contributed by atoms with Gasteiger partial charge in [-0.05, 0) is 32.6 Å². The molecule has 140 valence electrons. The van der Waals surface area contributed by atoms with Crippen LogP contribution in [-0.4, -0.2) is 70.6 Å². The summed E-state index contributed by atoms with van der Waals surface area (Å²) in [7, 11) is 0. The van der Waals surface area contributed by atoms with Crippen LogP contribution in [0.2, 0.25) is 0 Å². The van der Waals surface area contributed by atoms with Gasteiger partial charge in [-0.1, -0.05) is 13.0 Å². The van der Waals surface area contributed by atoms with E-state index in [1.54, 1.807) is 19.9 Å². The lowest BCUT2D eigenvalue weighted by atomic mass is 9.85. The van der Waals surface area contributed by atoms with E-state index in [0.29, 0.717) is 18.5 Å². The zero-order valence-electron chi connectivity index (χ0n) is 15.0. The van der Waals surface area contributed by atoms with Gasteiger partial charge in [-0.2, -0.15) is 0 Å². The minimum atomic E-state index is -1.72. The molecule has 3 heterocycles. The molecule has 0 amide bonds. The van der Waals surface area contributed by atoms with E-state index in [1.165, 1.54) is 6.92 Å². The molecule has 0 radical (unpaired) electrons. The van der Waals surface area contributed by atoms with Crippen LogP contribution in [-0.2, 0) is 19.1 Å². The van der Waals surface area contributed by atoms with Crippen molar-refractivity contribution in [1.29, 1.82) is 0 Å². The lowest BCUT2D eigenvalue weighted by Crippen LogP contribution is -2.47. The average molecular weight is 353 g/mol. The van der Waals surface area contributed by atoms with Gasteiger partial charge in [0.1, 0.15) is 6.10 Å². The maximum Gasteiger partial charge on any atom is 0.338 e. The first-order valence-electron chi connectivity index (χ1n) is 8.93. The molecule has 0 spiro atoms. The number of carbonyl (C=O) groups excluding carboxylic acids is 2. The molecule has 7 nitrogen and oxygen atoms in total. The van der Waals surface area contributed by atoms with E-state index in [1.807, 2.05) is 0 Å². The number of allylic oxidation sites excluding steroid dienone is 1. The first-order valence-corrected chi connectivity index (χ1v) is 8.93. The molecule has 25 heavy (non-hydrogen) atoms. The molecule has 0 bridgehead atoms. The van der Waals surface area contributed by atoms with E-state index in [2.05, 4.69) is 4.90 Å².